The van der Waals surface area contributed by atoms with Crippen molar-refractivity contribution in [2.24, 2.45) is 0 Å². The minimum atomic E-state index is -1.19. The van der Waals surface area contributed by atoms with Gasteiger partial charge in [0.1, 0.15) is 29.1 Å². The Kier molecular flexibility index (Phi) is 4.29. The Bertz CT molecular complexity index is 847. The number of anilines is 2. The number of pyridine rings is 1. The van der Waals surface area contributed by atoms with Gasteiger partial charge < -0.3 is 15.6 Å². The summed E-state index contributed by atoms with van der Waals surface area (Å²) >= 11 is 0. The molecule has 2 rings (SSSR count). The predicted molar refractivity (Wildman–Crippen MR) is 81.7 cm³/mol. The normalized spacial score (nSPS) is 9.52. The Morgan fingerprint density at radius 3 is 2.35 bits per heavy atom. The van der Waals surface area contributed by atoms with Crippen LogP contribution in [0, 0.1) is 22.7 Å². The molecule has 0 saturated heterocycles. The first-order chi connectivity index (χ1) is 11.0. The first-order valence-corrected chi connectivity index (χ1v) is 6.29. The summed E-state index contributed by atoms with van der Waals surface area (Å²) in [5.41, 5.74) is 7.05. The minimum Gasteiger partial charge on any atom is -0.480 e. The number of hydrogen-bond donors (Lipinski definition) is 3. The van der Waals surface area contributed by atoms with E-state index in [1.165, 1.54) is 19.2 Å². The molecule has 0 aliphatic rings. The van der Waals surface area contributed by atoms with Crippen molar-refractivity contribution in [3.05, 3.63) is 35.4 Å². The third kappa shape index (κ3) is 2.96. The molecule has 0 radical (unpaired) electrons. The monoisotopic (exact) mass is 309 g/mol. The summed E-state index contributed by atoms with van der Waals surface area (Å²) in [7, 11) is 1.35. The number of amides is 1. The van der Waals surface area contributed by atoms with Gasteiger partial charge in [0.25, 0.3) is 0 Å². The van der Waals surface area contributed by atoms with Crippen LogP contribution in [0.5, 0.6) is 5.88 Å². The zero-order chi connectivity index (χ0) is 17.0. The Balaban J connectivity index is 2.67. The highest BCUT2D eigenvalue weighted by molar-refractivity contribution is 5.86. The van der Waals surface area contributed by atoms with E-state index in [4.69, 9.17) is 15.6 Å². The molecule has 0 bridgehead atoms. The molecule has 0 aliphatic carbocycles. The number of nitrogens with zero attached hydrogens (tertiary/aromatic N) is 3. The highest BCUT2D eigenvalue weighted by atomic mass is 16.5. The van der Waals surface area contributed by atoms with E-state index in [2.05, 4.69) is 10.3 Å². The number of nitrogen functional groups attached to an aromatic ring is 1. The fourth-order valence-corrected chi connectivity index (χ4v) is 2.08. The van der Waals surface area contributed by atoms with Crippen molar-refractivity contribution in [3.8, 4) is 29.1 Å². The molecule has 0 atom stereocenters. The number of nitrogens with one attached hydrogen (secondary N) is 1. The third-order valence-electron chi connectivity index (χ3n) is 3.03. The lowest BCUT2D eigenvalue weighted by Gasteiger charge is -2.12. The van der Waals surface area contributed by atoms with Crippen molar-refractivity contribution in [1.82, 2.24) is 4.98 Å². The van der Waals surface area contributed by atoms with Crippen LogP contribution < -0.4 is 15.8 Å². The lowest BCUT2D eigenvalue weighted by atomic mass is 9.96. The summed E-state index contributed by atoms with van der Waals surface area (Å²) in [5, 5.41) is 29.6. The van der Waals surface area contributed by atoms with Crippen molar-refractivity contribution >= 4 is 17.6 Å². The molecule has 0 fully saturated rings. The number of methoxy groups -OCH3 is 1. The Morgan fingerprint density at radius 1 is 1.26 bits per heavy atom. The quantitative estimate of drug-likeness (QED) is 0.787. The van der Waals surface area contributed by atoms with E-state index in [-0.39, 0.29) is 22.8 Å². The summed E-state index contributed by atoms with van der Waals surface area (Å²) in [5.74, 6) is -0.0298. The molecule has 114 valence electrons. The van der Waals surface area contributed by atoms with Crippen LogP contribution in [0.25, 0.3) is 11.1 Å². The van der Waals surface area contributed by atoms with E-state index in [0.29, 0.717) is 16.8 Å². The molecule has 8 nitrogen and oxygen atoms in total. The molecule has 0 unspecified atom stereocenters. The van der Waals surface area contributed by atoms with Crippen LogP contribution in [0.3, 0.4) is 0 Å². The van der Waals surface area contributed by atoms with E-state index < -0.39 is 6.09 Å². The SMILES string of the molecule is COc1nc(N)c(C#N)c(-c2ccc(NC(=O)O)cc2)c1C#N. The highest BCUT2D eigenvalue weighted by Crippen LogP contribution is 2.35. The maximum atomic E-state index is 10.6. The van der Waals surface area contributed by atoms with Crippen molar-refractivity contribution in [1.29, 1.82) is 10.5 Å². The number of aromatic nitrogens is 1. The molecule has 8 heteroatoms. The predicted octanol–water partition coefficient (Wildman–Crippen LogP) is 2.17. The van der Waals surface area contributed by atoms with Gasteiger partial charge in [-0.2, -0.15) is 15.5 Å². The summed E-state index contributed by atoms with van der Waals surface area (Å²) < 4.78 is 5.04. The van der Waals surface area contributed by atoms with E-state index in [1.807, 2.05) is 12.1 Å². The van der Waals surface area contributed by atoms with E-state index in [0.717, 1.165) is 0 Å². The number of carboxylic acid groups (broad SMARTS) is 1. The van der Waals surface area contributed by atoms with Crippen LogP contribution in [0.1, 0.15) is 11.1 Å². The average molecular weight is 309 g/mol. The van der Waals surface area contributed by atoms with E-state index >= 15 is 0 Å². The number of ether oxygens (including phenoxy) is 1. The summed E-state index contributed by atoms with van der Waals surface area (Å²) in [6, 6.07) is 10.0. The number of nitrogens with two attached hydrogens (primary N) is 1. The molecule has 23 heavy (non-hydrogen) atoms. The van der Waals surface area contributed by atoms with Gasteiger partial charge in [0.15, 0.2) is 0 Å². The average Bonchev–Trinajstić information content (AvgIpc) is 2.54. The molecule has 1 aromatic heterocycles. The molecule has 4 N–H and O–H groups in total. The highest BCUT2D eigenvalue weighted by Gasteiger charge is 2.20. The fourth-order valence-electron chi connectivity index (χ4n) is 2.08. The maximum absolute atomic E-state index is 10.6. The molecular formula is C15H11N5O3. The second kappa shape index (κ2) is 6.33. The third-order valence-corrected chi connectivity index (χ3v) is 3.03. The minimum absolute atomic E-state index is 0.0201. The van der Waals surface area contributed by atoms with Gasteiger partial charge in [-0.1, -0.05) is 12.1 Å². The maximum Gasteiger partial charge on any atom is 0.409 e. The standard InChI is InChI=1S/C15H11N5O3/c1-23-14-11(7-17)12(10(6-16)13(18)20-14)8-2-4-9(5-3-8)19-15(21)22/h2-5,19H,1H3,(H2,18,20)(H,21,22). The first kappa shape index (κ1) is 15.6. The van der Waals surface area contributed by atoms with Gasteiger partial charge in [0, 0.05) is 11.3 Å². The van der Waals surface area contributed by atoms with Crippen LogP contribution >= 0.6 is 0 Å². The summed E-state index contributed by atoms with van der Waals surface area (Å²) in [6.07, 6.45) is -1.19. The summed E-state index contributed by atoms with van der Waals surface area (Å²) in [4.78, 5) is 14.5. The molecular weight excluding hydrogens is 298 g/mol. The zero-order valence-electron chi connectivity index (χ0n) is 12.0. The molecule has 1 heterocycles. The zero-order valence-corrected chi connectivity index (χ0v) is 12.0. The second-order valence-electron chi connectivity index (χ2n) is 4.36. The molecule has 0 aliphatic heterocycles. The second-order valence-corrected chi connectivity index (χ2v) is 4.36. The van der Waals surface area contributed by atoms with Gasteiger partial charge >= 0.3 is 6.09 Å². The first-order valence-electron chi connectivity index (χ1n) is 6.29. The van der Waals surface area contributed by atoms with Crippen molar-refractivity contribution in [2.45, 2.75) is 0 Å². The van der Waals surface area contributed by atoms with Crippen LogP contribution in [0.4, 0.5) is 16.3 Å². The van der Waals surface area contributed by atoms with Gasteiger partial charge in [-0.25, -0.2) is 4.79 Å². The van der Waals surface area contributed by atoms with Gasteiger partial charge in [0.05, 0.1) is 7.11 Å². The smallest absolute Gasteiger partial charge is 0.409 e. The number of carbonyl (C=O) groups is 1. The fraction of sp³-hybridized carbons (Fsp3) is 0.0667. The Labute approximate surface area is 131 Å². The Morgan fingerprint density at radius 2 is 1.87 bits per heavy atom. The molecule has 1 aromatic carbocycles. The topological polar surface area (TPSA) is 145 Å². The molecule has 2 aromatic rings. The van der Waals surface area contributed by atoms with Crippen LogP contribution in [0.15, 0.2) is 24.3 Å². The van der Waals surface area contributed by atoms with Crippen molar-refractivity contribution in [3.63, 3.8) is 0 Å². The largest absolute Gasteiger partial charge is 0.480 e. The molecule has 1 amide bonds. The van der Waals surface area contributed by atoms with Gasteiger partial charge in [0.2, 0.25) is 5.88 Å². The molecule has 0 saturated carbocycles. The number of hydrogen-bond acceptors (Lipinski definition) is 6. The Hall–Kier alpha value is -3.78. The van der Waals surface area contributed by atoms with Crippen LogP contribution in [0.2, 0.25) is 0 Å². The van der Waals surface area contributed by atoms with Gasteiger partial charge in [-0.05, 0) is 17.7 Å². The van der Waals surface area contributed by atoms with Gasteiger partial charge in [-0.3, -0.25) is 5.32 Å². The summed E-state index contributed by atoms with van der Waals surface area (Å²) in [6.45, 7) is 0. The molecule has 0 spiro atoms. The van der Waals surface area contributed by atoms with Crippen molar-refractivity contribution in [2.75, 3.05) is 18.2 Å². The number of nitriles is 2. The lowest BCUT2D eigenvalue weighted by Crippen LogP contribution is -2.07. The van der Waals surface area contributed by atoms with E-state index in [1.54, 1.807) is 12.1 Å². The number of rotatable bonds is 3. The number of benzene rings is 1. The van der Waals surface area contributed by atoms with Crippen LogP contribution in [-0.2, 0) is 0 Å². The van der Waals surface area contributed by atoms with Gasteiger partial charge in [-0.15, -0.1) is 0 Å². The van der Waals surface area contributed by atoms with Crippen molar-refractivity contribution < 1.29 is 14.6 Å². The van der Waals surface area contributed by atoms with Crippen LogP contribution in [-0.4, -0.2) is 23.3 Å². The lowest BCUT2D eigenvalue weighted by molar-refractivity contribution is 0.210. The van der Waals surface area contributed by atoms with E-state index in [9.17, 15) is 15.3 Å².